The van der Waals surface area contributed by atoms with Gasteiger partial charge in [0.2, 0.25) is 0 Å². The van der Waals surface area contributed by atoms with Gasteiger partial charge in [-0.25, -0.2) is 0 Å². The first-order valence-corrected chi connectivity index (χ1v) is 8.06. The molecule has 1 fully saturated rings. The second-order valence-corrected chi connectivity index (χ2v) is 6.55. The summed E-state index contributed by atoms with van der Waals surface area (Å²) in [5, 5.41) is 3.55. The Hall–Kier alpha value is -0.860. The summed E-state index contributed by atoms with van der Waals surface area (Å²) in [6.07, 6.45) is 5.33. The van der Waals surface area contributed by atoms with Gasteiger partial charge < -0.3 is 10.1 Å². The number of benzene rings is 1. The first kappa shape index (κ1) is 15.5. The minimum atomic E-state index is 0.345. The van der Waals surface area contributed by atoms with E-state index in [1.807, 2.05) is 0 Å². The second-order valence-electron chi connectivity index (χ2n) is 6.55. The van der Waals surface area contributed by atoms with Crippen LogP contribution in [0.3, 0.4) is 0 Å². The molecule has 0 bridgehead atoms. The van der Waals surface area contributed by atoms with Crippen LogP contribution in [0.1, 0.15) is 51.2 Å². The van der Waals surface area contributed by atoms with E-state index in [1.165, 1.54) is 24.0 Å². The number of rotatable bonds is 9. The fourth-order valence-electron chi connectivity index (χ4n) is 2.48. The van der Waals surface area contributed by atoms with E-state index in [-0.39, 0.29) is 0 Å². The Morgan fingerprint density at radius 3 is 2.35 bits per heavy atom. The summed E-state index contributed by atoms with van der Waals surface area (Å²) >= 11 is 0. The molecule has 0 amide bonds. The van der Waals surface area contributed by atoms with Gasteiger partial charge in [0, 0.05) is 6.04 Å². The zero-order valence-corrected chi connectivity index (χ0v) is 13.2. The van der Waals surface area contributed by atoms with E-state index in [0.29, 0.717) is 12.0 Å². The maximum absolute atomic E-state index is 5.89. The van der Waals surface area contributed by atoms with Crippen LogP contribution in [0.4, 0.5) is 0 Å². The molecule has 1 saturated carbocycles. The lowest BCUT2D eigenvalue weighted by Crippen LogP contribution is -2.19. The highest BCUT2D eigenvalue weighted by Gasteiger charge is 2.19. The highest BCUT2D eigenvalue weighted by molar-refractivity contribution is 5.22. The molecular weight excluding hydrogens is 246 g/mol. The molecule has 0 spiro atoms. The van der Waals surface area contributed by atoms with Crippen molar-refractivity contribution in [3.63, 3.8) is 0 Å². The van der Waals surface area contributed by atoms with E-state index >= 15 is 0 Å². The summed E-state index contributed by atoms with van der Waals surface area (Å²) in [4.78, 5) is 0. The van der Waals surface area contributed by atoms with Crippen molar-refractivity contribution >= 4 is 0 Å². The second kappa shape index (κ2) is 7.80. The van der Waals surface area contributed by atoms with Crippen molar-refractivity contribution in [3.05, 3.63) is 35.4 Å². The van der Waals surface area contributed by atoms with Crippen LogP contribution in [0.15, 0.2) is 24.3 Å². The fraction of sp³-hybridized carbons (Fsp3) is 0.667. The molecule has 0 aromatic heterocycles. The third-order valence-electron chi connectivity index (χ3n) is 3.78. The van der Waals surface area contributed by atoms with Crippen molar-refractivity contribution in [2.24, 2.45) is 5.92 Å². The van der Waals surface area contributed by atoms with Gasteiger partial charge in [-0.3, -0.25) is 0 Å². The third kappa shape index (κ3) is 6.06. The largest absolute Gasteiger partial charge is 0.374 e. The SMILES string of the molecule is CC(C)CC(C)OCc1ccc(CCNC2CC2)cc1. The Labute approximate surface area is 123 Å². The molecule has 0 saturated heterocycles. The first-order valence-electron chi connectivity index (χ1n) is 8.06. The van der Waals surface area contributed by atoms with Gasteiger partial charge in [-0.15, -0.1) is 0 Å². The molecule has 1 unspecified atom stereocenters. The smallest absolute Gasteiger partial charge is 0.0720 e. The Bertz CT molecular complexity index is 381. The molecule has 2 nitrogen and oxygen atoms in total. The van der Waals surface area contributed by atoms with Crippen molar-refractivity contribution < 1.29 is 4.74 Å². The average Bonchev–Trinajstić information content (AvgIpc) is 3.21. The van der Waals surface area contributed by atoms with Crippen LogP contribution in [-0.2, 0) is 17.8 Å². The van der Waals surface area contributed by atoms with Crippen molar-refractivity contribution in [1.29, 1.82) is 0 Å². The topological polar surface area (TPSA) is 21.3 Å². The molecule has 1 aromatic rings. The number of hydrogen-bond acceptors (Lipinski definition) is 2. The lowest BCUT2D eigenvalue weighted by atomic mass is 10.1. The van der Waals surface area contributed by atoms with Crippen LogP contribution in [0.25, 0.3) is 0 Å². The highest BCUT2D eigenvalue weighted by Crippen LogP contribution is 2.18. The molecule has 1 atom stereocenters. The van der Waals surface area contributed by atoms with Gasteiger partial charge in [0.05, 0.1) is 12.7 Å². The minimum absolute atomic E-state index is 0.345. The normalized spacial score (nSPS) is 16.6. The Morgan fingerprint density at radius 2 is 1.75 bits per heavy atom. The van der Waals surface area contributed by atoms with Gasteiger partial charge in [0.25, 0.3) is 0 Å². The van der Waals surface area contributed by atoms with E-state index < -0.39 is 0 Å². The van der Waals surface area contributed by atoms with Crippen LogP contribution in [-0.4, -0.2) is 18.7 Å². The predicted molar refractivity (Wildman–Crippen MR) is 84.9 cm³/mol. The van der Waals surface area contributed by atoms with E-state index in [1.54, 1.807) is 0 Å². The highest BCUT2D eigenvalue weighted by atomic mass is 16.5. The quantitative estimate of drug-likeness (QED) is 0.737. The Balaban J connectivity index is 1.67. The maximum atomic E-state index is 5.89. The van der Waals surface area contributed by atoms with E-state index in [0.717, 1.165) is 32.0 Å². The van der Waals surface area contributed by atoms with Crippen molar-refractivity contribution in [3.8, 4) is 0 Å². The lowest BCUT2D eigenvalue weighted by Gasteiger charge is -2.15. The van der Waals surface area contributed by atoms with Gasteiger partial charge in [-0.2, -0.15) is 0 Å². The molecular formula is C18H29NO. The lowest BCUT2D eigenvalue weighted by molar-refractivity contribution is 0.0397. The molecule has 112 valence electrons. The number of ether oxygens (including phenoxy) is 1. The molecule has 1 aromatic carbocycles. The van der Waals surface area contributed by atoms with Gasteiger partial charge in [-0.05, 0) is 56.2 Å². The number of hydrogen-bond donors (Lipinski definition) is 1. The van der Waals surface area contributed by atoms with Gasteiger partial charge >= 0.3 is 0 Å². The Morgan fingerprint density at radius 1 is 1.10 bits per heavy atom. The minimum Gasteiger partial charge on any atom is -0.374 e. The first-order chi connectivity index (χ1) is 9.63. The molecule has 0 aliphatic heterocycles. The summed E-state index contributed by atoms with van der Waals surface area (Å²) in [6.45, 7) is 8.48. The molecule has 1 N–H and O–H groups in total. The van der Waals surface area contributed by atoms with Gasteiger partial charge in [0.1, 0.15) is 0 Å². The van der Waals surface area contributed by atoms with E-state index in [9.17, 15) is 0 Å². The molecule has 1 aliphatic carbocycles. The monoisotopic (exact) mass is 275 g/mol. The van der Waals surface area contributed by atoms with E-state index in [2.05, 4.69) is 50.4 Å². The fourth-order valence-corrected chi connectivity index (χ4v) is 2.48. The van der Waals surface area contributed by atoms with Crippen molar-refractivity contribution in [1.82, 2.24) is 5.32 Å². The summed E-state index contributed by atoms with van der Waals surface area (Å²) in [5.74, 6) is 0.700. The standard InChI is InChI=1S/C18H29NO/c1-14(2)12-15(3)20-13-17-6-4-16(5-7-17)10-11-19-18-8-9-18/h4-7,14-15,18-19H,8-13H2,1-3H3. The Kier molecular flexibility index (Phi) is 6.06. The van der Waals surface area contributed by atoms with Crippen LogP contribution in [0.5, 0.6) is 0 Å². The molecule has 2 rings (SSSR count). The van der Waals surface area contributed by atoms with Crippen molar-refractivity contribution in [2.75, 3.05) is 6.54 Å². The molecule has 0 radical (unpaired) electrons. The molecule has 1 aliphatic rings. The van der Waals surface area contributed by atoms with Crippen LogP contribution in [0, 0.1) is 5.92 Å². The molecule has 0 heterocycles. The van der Waals surface area contributed by atoms with Crippen LogP contribution in [0.2, 0.25) is 0 Å². The van der Waals surface area contributed by atoms with Gasteiger partial charge in [0.15, 0.2) is 0 Å². The summed E-state index contributed by atoms with van der Waals surface area (Å²) in [7, 11) is 0. The maximum Gasteiger partial charge on any atom is 0.0720 e. The van der Waals surface area contributed by atoms with E-state index in [4.69, 9.17) is 4.74 Å². The average molecular weight is 275 g/mol. The zero-order valence-electron chi connectivity index (χ0n) is 13.2. The zero-order chi connectivity index (χ0) is 14.4. The summed E-state index contributed by atoms with van der Waals surface area (Å²) in [5.41, 5.74) is 2.69. The molecule has 2 heteroatoms. The van der Waals surface area contributed by atoms with Crippen molar-refractivity contribution in [2.45, 2.75) is 65.2 Å². The summed E-state index contributed by atoms with van der Waals surface area (Å²) < 4.78 is 5.89. The molecule has 20 heavy (non-hydrogen) atoms. The third-order valence-corrected chi connectivity index (χ3v) is 3.78. The van der Waals surface area contributed by atoms with Gasteiger partial charge in [-0.1, -0.05) is 38.1 Å². The van der Waals surface area contributed by atoms with Crippen LogP contribution < -0.4 is 5.32 Å². The number of nitrogens with one attached hydrogen (secondary N) is 1. The van der Waals surface area contributed by atoms with Crippen LogP contribution >= 0.6 is 0 Å². The summed E-state index contributed by atoms with van der Waals surface area (Å²) in [6, 6.07) is 9.69. The predicted octanol–water partition coefficient (Wildman–Crippen LogP) is 3.93.